The van der Waals surface area contributed by atoms with Crippen LogP contribution in [0.3, 0.4) is 0 Å². The lowest BCUT2D eigenvalue weighted by atomic mass is 10.9. The van der Waals surface area contributed by atoms with E-state index >= 15 is 0 Å². The average molecular weight is 123 g/mol. The molecule has 46 valence electrons. The van der Waals surface area contributed by atoms with E-state index in [9.17, 15) is 0 Å². The molecule has 1 aliphatic rings. The summed E-state index contributed by atoms with van der Waals surface area (Å²) in [6.45, 7) is 0.386. The zero-order valence-electron chi connectivity index (χ0n) is 4.69. The van der Waals surface area contributed by atoms with Gasteiger partial charge in [0.05, 0.1) is 0 Å². The van der Waals surface area contributed by atoms with Gasteiger partial charge in [0, 0.05) is 12.4 Å². The fourth-order valence-corrected chi connectivity index (χ4v) is 0.715. The van der Waals surface area contributed by atoms with Crippen molar-refractivity contribution in [2.75, 3.05) is 6.73 Å². The van der Waals surface area contributed by atoms with Gasteiger partial charge >= 0.3 is 6.01 Å². The van der Waals surface area contributed by atoms with Crippen LogP contribution in [-0.2, 0) is 0 Å². The summed E-state index contributed by atoms with van der Waals surface area (Å²) in [4.78, 5) is 7.77. The third kappa shape index (κ3) is 0.595. The summed E-state index contributed by atoms with van der Waals surface area (Å²) in [6, 6.07) is 0.616. The Bertz CT molecular complexity index is 240. The monoisotopic (exact) mass is 123 g/mol. The molecule has 0 unspecified atom stereocenters. The van der Waals surface area contributed by atoms with E-state index in [-0.39, 0.29) is 0 Å². The number of hydrogen-bond acceptors (Lipinski definition) is 3. The SMILES string of the molecule is C1=NCOc2nccn21. The molecule has 1 aromatic rings. The van der Waals surface area contributed by atoms with E-state index in [1.807, 2.05) is 0 Å². The zero-order chi connectivity index (χ0) is 6.10. The summed E-state index contributed by atoms with van der Waals surface area (Å²) in [5, 5.41) is 0. The zero-order valence-corrected chi connectivity index (χ0v) is 4.69. The Labute approximate surface area is 51.8 Å². The molecule has 0 atom stereocenters. The summed E-state index contributed by atoms with van der Waals surface area (Å²) in [7, 11) is 0. The number of imidazole rings is 1. The predicted octanol–water partition coefficient (Wildman–Crippen LogP) is 0.109. The molecule has 1 aromatic heterocycles. The quantitative estimate of drug-likeness (QED) is 0.491. The molecule has 0 fully saturated rings. The third-order valence-corrected chi connectivity index (χ3v) is 1.11. The summed E-state index contributed by atoms with van der Waals surface area (Å²) in [6.07, 6.45) is 5.15. The number of rotatable bonds is 0. The second-order valence-corrected chi connectivity index (χ2v) is 1.69. The first-order valence-corrected chi connectivity index (χ1v) is 2.62. The first-order valence-electron chi connectivity index (χ1n) is 2.62. The lowest BCUT2D eigenvalue weighted by molar-refractivity contribution is 0.293. The Morgan fingerprint density at radius 3 is 3.56 bits per heavy atom. The topological polar surface area (TPSA) is 39.4 Å². The van der Waals surface area contributed by atoms with Crippen LogP contribution in [0.15, 0.2) is 17.4 Å². The van der Waals surface area contributed by atoms with E-state index in [1.54, 1.807) is 23.3 Å². The molecule has 0 N–H and O–H groups in total. The van der Waals surface area contributed by atoms with Crippen molar-refractivity contribution < 1.29 is 4.74 Å². The van der Waals surface area contributed by atoms with E-state index in [4.69, 9.17) is 4.74 Å². The molecule has 2 heterocycles. The molecule has 0 spiro atoms. The molecule has 0 saturated carbocycles. The van der Waals surface area contributed by atoms with Crippen molar-refractivity contribution >= 4 is 6.34 Å². The Morgan fingerprint density at radius 1 is 1.67 bits per heavy atom. The highest BCUT2D eigenvalue weighted by molar-refractivity contribution is 5.60. The normalized spacial score (nSPS) is 14.7. The van der Waals surface area contributed by atoms with Crippen LogP contribution in [0, 0.1) is 0 Å². The minimum atomic E-state index is 0.386. The standard InChI is InChI=1S/C5H5N3O/c1-2-8-3-6-4-9-5(8)7-1/h1-3H,4H2. The summed E-state index contributed by atoms with van der Waals surface area (Å²) < 4.78 is 6.74. The molecule has 0 aliphatic carbocycles. The maximum atomic E-state index is 5.02. The highest BCUT2D eigenvalue weighted by Crippen LogP contribution is 2.06. The summed E-state index contributed by atoms with van der Waals surface area (Å²) in [5.74, 6) is 0. The Balaban J connectivity index is 2.53. The minimum Gasteiger partial charge on any atom is -0.441 e. The van der Waals surface area contributed by atoms with Gasteiger partial charge in [-0.15, -0.1) is 0 Å². The van der Waals surface area contributed by atoms with E-state index in [1.165, 1.54) is 0 Å². The number of aliphatic imine (C=N–C) groups is 1. The van der Waals surface area contributed by atoms with Gasteiger partial charge in [-0.3, -0.25) is 4.57 Å². The Hall–Kier alpha value is -1.32. The van der Waals surface area contributed by atoms with Crippen molar-refractivity contribution in [2.45, 2.75) is 0 Å². The van der Waals surface area contributed by atoms with Crippen LogP contribution in [-0.4, -0.2) is 22.6 Å². The second kappa shape index (κ2) is 1.58. The van der Waals surface area contributed by atoms with Crippen LogP contribution in [0.25, 0.3) is 0 Å². The van der Waals surface area contributed by atoms with Gasteiger partial charge in [0.1, 0.15) is 6.34 Å². The third-order valence-electron chi connectivity index (χ3n) is 1.11. The fraction of sp³-hybridized carbons (Fsp3) is 0.200. The van der Waals surface area contributed by atoms with Crippen LogP contribution in [0.2, 0.25) is 0 Å². The number of hydrogen-bond donors (Lipinski definition) is 0. The molecule has 0 radical (unpaired) electrons. The van der Waals surface area contributed by atoms with Crippen molar-refractivity contribution in [3.63, 3.8) is 0 Å². The van der Waals surface area contributed by atoms with E-state index in [0.717, 1.165) is 0 Å². The second-order valence-electron chi connectivity index (χ2n) is 1.69. The van der Waals surface area contributed by atoms with E-state index in [2.05, 4.69) is 9.98 Å². The predicted molar refractivity (Wildman–Crippen MR) is 31.6 cm³/mol. The largest absolute Gasteiger partial charge is 0.441 e. The van der Waals surface area contributed by atoms with Crippen molar-refractivity contribution in [1.29, 1.82) is 0 Å². The molecule has 2 rings (SSSR count). The summed E-state index contributed by atoms with van der Waals surface area (Å²) in [5.41, 5.74) is 0. The van der Waals surface area contributed by atoms with Gasteiger partial charge in [0.25, 0.3) is 0 Å². The van der Waals surface area contributed by atoms with Gasteiger partial charge in [-0.25, -0.2) is 9.98 Å². The molecular formula is C5H5N3O. The molecule has 9 heavy (non-hydrogen) atoms. The van der Waals surface area contributed by atoms with Gasteiger partial charge in [0.15, 0.2) is 6.73 Å². The van der Waals surface area contributed by atoms with Gasteiger partial charge in [-0.1, -0.05) is 0 Å². The van der Waals surface area contributed by atoms with Crippen LogP contribution < -0.4 is 4.74 Å². The first-order chi connectivity index (χ1) is 4.47. The van der Waals surface area contributed by atoms with Crippen molar-refractivity contribution in [2.24, 2.45) is 4.99 Å². The molecule has 0 amide bonds. The average Bonchev–Trinajstić information content (AvgIpc) is 2.33. The number of aromatic nitrogens is 2. The number of fused-ring (bicyclic) bond motifs is 1. The lowest BCUT2D eigenvalue weighted by Gasteiger charge is -2.05. The Kier molecular flexibility index (Phi) is 0.798. The van der Waals surface area contributed by atoms with Crippen LogP contribution >= 0.6 is 0 Å². The van der Waals surface area contributed by atoms with E-state index < -0.39 is 0 Å². The van der Waals surface area contributed by atoms with Gasteiger partial charge in [0.2, 0.25) is 0 Å². The fourth-order valence-electron chi connectivity index (χ4n) is 0.715. The van der Waals surface area contributed by atoms with Gasteiger partial charge < -0.3 is 4.74 Å². The van der Waals surface area contributed by atoms with Crippen LogP contribution in [0.4, 0.5) is 0 Å². The minimum absolute atomic E-state index is 0.386. The van der Waals surface area contributed by atoms with E-state index in [0.29, 0.717) is 12.7 Å². The lowest BCUT2D eigenvalue weighted by Crippen LogP contribution is -2.09. The maximum absolute atomic E-state index is 5.02. The van der Waals surface area contributed by atoms with Crippen molar-refractivity contribution in [3.05, 3.63) is 12.4 Å². The first kappa shape index (κ1) is 4.55. The molecule has 1 aliphatic heterocycles. The van der Waals surface area contributed by atoms with Crippen molar-refractivity contribution in [3.8, 4) is 6.01 Å². The smallest absolute Gasteiger partial charge is 0.303 e. The van der Waals surface area contributed by atoms with Gasteiger partial charge in [-0.2, -0.15) is 0 Å². The highest BCUT2D eigenvalue weighted by Gasteiger charge is 2.03. The molecule has 4 nitrogen and oxygen atoms in total. The number of nitrogens with zero attached hydrogens (tertiary/aromatic N) is 3. The van der Waals surface area contributed by atoms with Crippen LogP contribution in [0.5, 0.6) is 6.01 Å². The maximum Gasteiger partial charge on any atom is 0.303 e. The highest BCUT2D eigenvalue weighted by atomic mass is 16.5. The van der Waals surface area contributed by atoms with Gasteiger partial charge in [-0.05, 0) is 0 Å². The number of ether oxygens (including phenoxy) is 1. The molecule has 0 bridgehead atoms. The van der Waals surface area contributed by atoms with Crippen molar-refractivity contribution in [1.82, 2.24) is 9.55 Å². The van der Waals surface area contributed by atoms with Crippen LogP contribution in [0.1, 0.15) is 0 Å². The molecular weight excluding hydrogens is 118 g/mol. The molecule has 0 saturated heterocycles. The Morgan fingerprint density at radius 2 is 2.67 bits per heavy atom. The molecule has 0 aromatic carbocycles. The summed E-state index contributed by atoms with van der Waals surface area (Å²) >= 11 is 0. The molecule has 4 heteroatoms.